The van der Waals surface area contributed by atoms with Crippen molar-refractivity contribution >= 4 is 66.8 Å². The molecule has 0 amide bonds. The summed E-state index contributed by atoms with van der Waals surface area (Å²) in [5, 5.41) is 8.31. The normalized spacial score (nSPS) is 16.0. The molecule has 0 unspecified atom stereocenters. The third-order valence-electron chi connectivity index (χ3n) is 7.13. The number of benzene rings is 4. The molecule has 4 aromatic carbocycles. The largest absolute Gasteiger partial charge is 0.295 e. The molecule has 2 aliphatic carbocycles. The third-order valence-corrected chi connectivity index (χ3v) is 8.92. The highest BCUT2D eigenvalue weighted by Crippen LogP contribution is 2.36. The van der Waals surface area contributed by atoms with Crippen LogP contribution < -0.4 is 10.9 Å². The van der Waals surface area contributed by atoms with Gasteiger partial charge in [-0.25, -0.2) is 0 Å². The predicted molar refractivity (Wildman–Crippen MR) is 173 cm³/mol. The highest BCUT2D eigenvalue weighted by molar-refractivity contribution is 7.86. The number of carbonyl (C=O) groups excluding carboxylic acids is 2. The van der Waals surface area contributed by atoms with Gasteiger partial charge in [0.1, 0.15) is 21.2 Å². The molecule has 0 heterocycles. The molecule has 0 atom stereocenters. The van der Waals surface area contributed by atoms with Crippen molar-refractivity contribution < 1.29 is 35.5 Å². The summed E-state index contributed by atoms with van der Waals surface area (Å²) in [5.74, 6) is -0.772. The van der Waals surface area contributed by atoms with Gasteiger partial charge in [0.05, 0.1) is 11.4 Å². The Morgan fingerprint density at radius 2 is 0.891 bits per heavy atom. The van der Waals surface area contributed by atoms with E-state index in [-0.39, 0.29) is 45.5 Å². The summed E-state index contributed by atoms with van der Waals surface area (Å²) < 4.78 is 70.1. The Morgan fingerprint density at radius 3 is 1.28 bits per heavy atom. The van der Waals surface area contributed by atoms with Crippen molar-refractivity contribution in [3.63, 3.8) is 0 Å². The number of allylic oxidation sites excluding steroid dienone is 2. The highest BCUT2D eigenvalue weighted by Gasteiger charge is 2.25. The van der Waals surface area contributed by atoms with Crippen LogP contribution in [0.1, 0.15) is 22.3 Å². The van der Waals surface area contributed by atoms with Gasteiger partial charge in [-0.15, -0.1) is 0 Å². The minimum absolute atomic E-state index is 0.0534. The summed E-state index contributed by atoms with van der Waals surface area (Å²) in [7, 11) is -9.93. The fourth-order valence-corrected chi connectivity index (χ4v) is 6.46. The van der Waals surface area contributed by atoms with Crippen LogP contribution in [0, 0.1) is 0 Å². The molecule has 6 rings (SSSR count). The van der Waals surface area contributed by atoms with Crippen molar-refractivity contribution in [2.45, 2.75) is 9.79 Å². The topological polar surface area (TPSA) is 192 Å². The lowest BCUT2D eigenvalue weighted by molar-refractivity contribution is -0.109. The summed E-state index contributed by atoms with van der Waals surface area (Å²) in [6.45, 7) is 0. The Kier molecular flexibility index (Phi) is 7.79. The molecule has 12 nitrogen and oxygen atoms in total. The Morgan fingerprint density at radius 1 is 0.500 bits per heavy atom. The monoisotopic (exact) mass is 654 g/mol. The van der Waals surface area contributed by atoms with Crippen LogP contribution in [0.5, 0.6) is 0 Å². The molecule has 46 heavy (non-hydrogen) atoms. The first-order valence-corrected chi connectivity index (χ1v) is 16.3. The zero-order chi connectivity index (χ0) is 32.6. The van der Waals surface area contributed by atoms with Crippen molar-refractivity contribution in [2.24, 2.45) is 10.2 Å². The molecule has 0 aliphatic heterocycles. The van der Waals surface area contributed by atoms with E-state index in [1.165, 1.54) is 36.4 Å². The van der Waals surface area contributed by atoms with Crippen LogP contribution in [0.4, 0.5) is 11.4 Å². The SMILES string of the molecule is O=C1C=Cc2ccccc2C1=NNc1ccc(-c2ccc(NN=C3C(=O)C=Cc4ccccc43)cc2S(=O)(=O)O)c(S(=O)(=O)O)c1. The van der Waals surface area contributed by atoms with Gasteiger partial charge in [-0.05, 0) is 47.5 Å². The van der Waals surface area contributed by atoms with E-state index in [0.29, 0.717) is 11.1 Å². The summed E-state index contributed by atoms with van der Waals surface area (Å²) in [6.07, 6.45) is 5.99. The van der Waals surface area contributed by atoms with Gasteiger partial charge >= 0.3 is 0 Å². The van der Waals surface area contributed by atoms with E-state index in [1.807, 2.05) is 0 Å². The van der Waals surface area contributed by atoms with Gasteiger partial charge in [-0.1, -0.05) is 72.8 Å². The van der Waals surface area contributed by atoms with E-state index in [1.54, 1.807) is 60.7 Å². The average Bonchev–Trinajstić information content (AvgIpc) is 3.03. The molecule has 0 spiro atoms. The first-order valence-electron chi connectivity index (χ1n) is 13.4. The molecule has 4 aromatic rings. The van der Waals surface area contributed by atoms with Crippen LogP contribution in [-0.4, -0.2) is 48.9 Å². The van der Waals surface area contributed by atoms with Crippen LogP contribution in [-0.2, 0) is 29.8 Å². The molecule has 0 saturated heterocycles. The molecular weight excluding hydrogens is 633 g/mol. The number of rotatable bonds is 7. The van der Waals surface area contributed by atoms with Crippen molar-refractivity contribution in [3.8, 4) is 11.1 Å². The molecule has 0 fully saturated rings. The number of hydrogen-bond donors (Lipinski definition) is 4. The Bertz CT molecular complexity index is 2140. The van der Waals surface area contributed by atoms with Crippen molar-refractivity contribution in [3.05, 3.63) is 119 Å². The fourth-order valence-electron chi connectivity index (χ4n) is 5.00. The van der Waals surface area contributed by atoms with Gasteiger partial charge in [0.15, 0.2) is 0 Å². The highest BCUT2D eigenvalue weighted by atomic mass is 32.2. The second-order valence-electron chi connectivity index (χ2n) is 10.1. The third kappa shape index (κ3) is 6.05. The van der Waals surface area contributed by atoms with Gasteiger partial charge in [0.25, 0.3) is 20.2 Å². The summed E-state index contributed by atoms with van der Waals surface area (Å²) in [4.78, 5) is 23.6. The fraction of sp³-hybridized carbons (Fsp3) is 0. The Hall–Kier alpha value is -5.54. The average molecular weight is 655 g/mol. The molecule has 230 valence electrons. The maximum absolute atomic E-state index is 12.5. The standard InChI is InChI=1S/C32H22N4O8S2/c37-27-15-9-19-5-1-3-7-23(19)31(27)35-33-21-11-13-25(29(17-21)45(39,40)41)26-14-12-22(18-30(26)46(42,43)44)34-36-32-24-8-4-2-6-20(24)10-16-28(32)38/h1-18,33-34H,(H,39,40,41)(H,42,43,44). The van der Waals surface area contributed by atoms with Gasteiger partial charge in [0, 0.05) is 22.3 Å². The zero-order valence-electron chi connectivity index (χ0n) is 23.4. The van der Waals surface area contributed by atoms with Crippen LogP contribution in [0.2, 0.25) is 0 Å². The minimum atomic E-state index is -4.96. The van der Waals surface area contributed by atoms with E-state index in [2.05, 4.69) is 21.1 Å². The lowest BCUT2D eigenvalue weighted by atomic mass is 9.95. The number of carbonyl (C=O) groups is 2. The number of nitrogens with one attached hydrogen (secondary N) is 2. The number of hydrogen-bond acceptors (Lipinski definition) is 10. The summed E-state index contributed by atoms with van der Waals surface area (Å²) in [5.41, 5.74) is 7.61. The minimum Gasteiger partial charge on any atom is -0.287 e. The van der Waals surface area contributed by atoms with Crippen LogP contribution in [0.15, 0.2) is 117 Å². The molecule has 0 saturated carbocycles. The molecule has 4 N–H and O–H groups in total. The van der Waals surface area contributed by atoms with E-state index in [9.17, 15) is 35.5 Å². The van der Waals surface area contributed by atoms with Gasteiger partial charge < -0.3 is 0 Å². The first-order chi connectivity index (χ1) is 21.9. The number of anilines is 2. The zero-order valence-corrected chi connectivity index (χ0v) is 25.1. The Labute approximate surface area is 263 Å². The van der Waals surface area contributed by atoms with Crippen LogP contribution >= 0.6 is 0 Å². The number of hydrazone groups is 2. The first kappa shape index (κ1) is 30.5. The summed E-state index contributed by atoms with van der Waals surface area (Å²) in [6, 6.07) is 21.2. The quantitative estimate of drug-likeness (QED) is 0.161. The molecule has 2 aliphatic rings. The lowest BCUT2D eigenvalue weighted by Gasteiger charge is -2.15. The van der Waals surface area contributed by atoms with Gasteiger partial charge in [-0.3, -0.25) is 29.5 Å². The van der Waals surface area contributed by atoms with Crippen LogP contribution in [0.25, 0.3) is 23.3 Å². The van der Waals surface area contributed by atoms with E-state index in [4.69, 9.17) is 0 Å². The second kappa shape index (κ2) is 11.8. The van der Waals surface area contributed by atoms with Gasteiger partial charge in [0.2, 0.25) is 11.6 Å². The van der Waals surface area contributed by atoms with E-state index >= 15 is 0 Å². The molecular formula is C32H22N4O8S2. The number of ketones is 2. The van der Waals surface area contributed by atoms with E-state index in [0.717, 1.165) is 23.3 Å². The molecule has 0 aromatic heterocycles. The molecule has 0 bridgehead atoms. The molecule has 0 radical (unpaired) electrons. The number of nitrogens with zero attached hydrogens (tertiary/aromatic N) is 2. The van der Waals surface area contributed by atoms with Crippen molar-refractivity contribution in [1.82, 2.24) is 0 Å². The number of fused-ring (bicyclic) bond motifs is 2. The second-order valence-corrected chi connectivity index (χ2v) is 12.9. The summed E-state index contributed by atoms with van der Waals surface area (Å²) >= 11 is 0. The van der Waals surface area contributed by atoms with Gasteiger partial charge in [-0.2, -0.15) is 27.0 Å². The van der Waals surface area contributed by atoms with Crippen molar-refractivity contribution in [2.75, 3.05) is 10.9 Å². The Balaban J connectivity index is 1.37. The van der Waals surface area contributed by atoms with Crippen molar-refractivity contribution in [1.29, 1.82) is 0 Å². The maximum atomic E-state index is 12.5. The molecule has 14 heteroatoms. The maximum Gasteiger partial charge on any atom is 0.295 e. The van der Waals surface area contributed by atoms with Crippen LogP contribution in [0.3, 0.4) is 0 Å². The van der Waals surface area contributed by atoms with E-state index < -0.39 is 30.0 Å². The smallest absolute Gasteiger partial charge is 0.287 e. The predicted octanol–water partition coefficient (Wildman–Crippen LogP) is 4.67. The lowest BCUT2D eigenvalue weighted by Crippen LogP contribution is -2.19.